The Morgan fingerprint density at radius 1 is 1.82 bits per heavy atom. The molecule has 11 heavy (non-hydrogen) atoms. The second-order valence-corrected chi connectivity index (χ2v) is 2.68. The van der Waals surface area contributed by atoms with Crippen LogP contribution in [0.15, 0.2) is 0 Å². The van der Waals surface area contributed by atoms with E-state index in [2.05, 4.69) is 10.1 Å². The highest BCUT2D eigenvalue weighted by Gasteiger charge is 2.25. The van der Waals surface area contributed by atoms with Crippen molar-refractivity contribution in [1.29, 1.82) is 0 Å². The molecule has 1 atom stereocenters. The van der Waals surface area contributed by atoms with Crippen molar-refractivity contribution in [1.82, 2.24) is 5.32 Å². The van der Waals surface area contributed by atoms with Gasteiger partial charge in [0.25, 0.3) is 0 Å². The van der Waals surface area contributed by atoms with Crippen molar-refractivity contribution in [3.05, 3.63) is 0 Å². The first-order valence-corrected chi connectivity index (χ1v) is 3.66. The lowest BCUT2D eigenvalue weighted by molar-refractivity contribution is -0.139. The van der Waals surface area contributed by atoms with Crippen molar-refractivity contribution < 1.29 is 14.3 Å². The molecule has 0 spiro atoms. The van der Waals surface area contributed by atoms with Crippen LogP contribution in [-0.2, 0) is 14.3 Å². The van der Waals surface area contributed by atoms with Crippen molar-refractivity contribution >= 4 is 22.8 Å². The summed E-state index contributed by atoms with van der Waals surface area (Å²) < 4.78 is 4.59. The maximum atomic E-state index is 10.7. The Hall–Kier alpha value is -0.610. The summed E-state index contributed by atoms with van der Waals surface area (Å²) in [7, 11) is 0. The van der Waals surface area contributed by atoms with Gasteiger partial charge in [0.05, 0.1) is 0 Å². The van der Waals surface area contributed by atoms with E-state index >= 15 is 0 Å². The third-order valence-electron chi connectivity index (χ3n) is 1.46. The predicted molar refractivity (Wildman–Crippen MR) is 38.0 cm³/mol. The quantitative estimate of drug-likeness (QED) is 0.487. The lowest BCUT2D eigenvalue weighted by atomic mass is 10.2. The summed E-state index contributed by atoms with van der Waals surface area (Å²) in [5.41, 5.74) is 0. The number of hydrogen-bond acceptors (Lipinski definition) is 4. The zero-order valence-corrected chi connectivity index (χ0v) is 6.56. The minimum Gasteiger partial charge on any atom is -0.449 e. The Labute approximate surface area is 68.8 Å². The highest BCUT2D eigenvalue weighted by molar-refractivity contribution is 6.63. The van der Waals surface area contributed by atoms with E-state index in [1.165, 1.54) is 0 Å². The number of esters is 1. The normalized spacial score (nSPS) is 23.4. The highest BCUT2D eigenvalue weighted by Crippen LogP contribution is 2.06. The fraction of sp³-hybridized carbons (Fsp3) is 0.667. The number of cyclic esters (lactones) is 1. The molecule has 1 aliphatic heterocycles. The van der Waals surface area contributed by atoms with Gasteiger partial charge < -0.3 is 4.74 Å². The van der Waals surface area contributed by atoms with Crippen molar-refractivity contribution in [2.45, 2.75) is 18.9 Å². The SMILES string of the molecule is O=C(Cl)CC[C@@H]1NCOC1=O. The van der Waals surface area contributed by atoms with E-state index in [0.29, 0.717) is 6.42 Å². The molecule has 1 aliphatic rings. The molecule has 0 bridgehead atoms. The lowest BCUT2D eigenvalue weighted by Crippen LogP contribution is -2.27. The van der Waals surface area contributed by atoms with Gasteiger partial charge in [0.15, 0.2) is 0 Å². The van der Waals surface area contributed by atoms with E-state index in [9.17, 15) is 9.59 Å². The second kappa shape index (κ2) is 3.69. The summed E-state index contributed by atoms with van der Waals surface area (Å²) in [6.07, 6.45) is 0.621. The Morgan fingerprint density at radius 3 is 3.00 bits per heavy atom. The van der Waals surface area contributed by atoms with E-state index in [-0.39, 0.29) is 25.2 Å². The Bertz CT molecular complexity index is 183. The first kappa shape index (κ1) is 8.49. The molecule has 0 amide bonds. The van der Waals surface area contributed by atoms with E-state index in [0.717, 1.165) is 0 Å². The van der Waals surface area contributed by atoms with Gasteiger partial charge in [-0.1, -0.05) is 0 Å². The molecule has 0 saturated carbocycles. The number of nitrogens with one attached hydrogen (secondary N) is 1. The standard InChI is InChI=1S/C6H8ClNO3/c7-5(9)2-1-4-6(10)11-3-8-4/h4,8H,1-3H2/t4-/m0/s1. The Kier molecular flexibility index (Phi) is 2.84. The van der Waals surface area contributed by atoms with Gasteiger partial charge in [0.2, 0.25) is 5.24 Å². The fourth-order valence-corrected chi connectivity index (χ4v) is 0.984. The van der Waals surface area contributed by atoms with Gasteiger partial charge in [0, 0.05) is 6.42 Å². The third-order valence-corrected chi connectivity index (χ3v) is 1.65. The second-order valence-electron chi connectivity index (χ2n) is 2.26. The number of hydrogen-bond donors (Lipinski definition) is 1. The molecule has 1 heterocycles. The molecule has 5 heteroatoms. The molecule has 1 rings (SSSR count). The van der Waals surface area contributed by atoms with Crippen molar-refractivity contribution in [3.8, 4) is 0 Å². The molecule has 0 aliphatic carbocycles. The van der Waals surface area contributed by atoms with E-state index in [4.69, 9.17) is 11.6 Å². The summed E-state index contributed by atoms with van der Waals surface area (Å²) in [6.45, 7) is 0.236. The van der Waals surface area contributed by atoms with Crippen LogP contribution in [0.4, 0.5) is 0 Å². The predicted octanol–water partition coefficient (Wildman–Crippen LogP) is 0.00450. The first-order valence-electron chi connectivity index (χ1n) is 3.28. The van der Waals surface area contributed by atoms with Crippen molar-refractivity contribution in [2.24, 2.45) is 0 Å². The third kappa shape index (κ3) is 2.48. The smallest absolute Gasteiger partial charge is 0.324 e. The van der Waals surface area contributed by atoms with Crippen LogP contribution in [0.2, 0.25) is 0 Å². The minimum atomic E-state index is -0.425. The fourth-order valence-electron chi connectivity index (χ4n) is 0.875. The van der Waals surface area contributed by atoms with E-state index in [1.807, 2.05) is 0 Å². The van der Waals surface area contributed by atoms with Crippen LogP contribution < -0.4 is 5.32 Å². The molecule has 4 nitrogen and oxygen atoms in total. The molecule has 1 N–H and O–H groups in total. The van der Waals surface area contributed by atoms with Gasteiger partial charge in [-0.2, -0.15) is 0 Å². The summed E-state index contributed by atoms with van der Waals surface area (Å²) >= 11 is 5.09. The molecule has 1 fully saturated rings. The number of carbonyl (C=O) groups excluding carboxylic acids is 2. The van der Waals surface area contributed by atoms with Crippen LogP contribution in [0.3, 0.4) is 0 Å². The van der Waals surface area contributed by atoms with E-state index < -0.39 is 5.24 Å². The molecule has 0 aromatic heterocycles. The summed E-state index contributed by atoms with van der Waals surface area (Å²) in [5, 5.41) is 2.35. The largest absolute Gasteiger partial charge is 0.449 e. The van der Waals surface area contributed by atoms with Crippen LogP contribution in [-0.4, -0.2) is 24.0 Å². The average Bonchev–Trinajstić information content (AvgIpc) is 2.31. The maximum absolute atomic E-state index is 10.7. The lowest BCUT2D eigenvalue weighted by Gasteiger charge is -2.01. The molecular weight excluding hydrogens is 170 g/mol. The molecular formula is C6H8ClNO3. The molecule has 0 radical (unpaired) electrons. The van der Waals surface area contributed by atoms with Crippen molar-refractivity contribution in [3.63, 3.8) is 0 Å². The van der Waals surface area contributed by atoms with Crippen LogP contribution in [0.5, 0.6) is 0 Å². The molecule has 0 aromatic rings. The topological polar surface area (TPSA) is 55.4 Å². The molecule has 0 unspecified atom stereocenters. The van der Waals surface area contributed by atoms with Gasteiger partial charge in [-0.25, -0.2) is 0 Å². The Morgan fingerprint density at radius 2 is 2.55 bits per heavy atom. The van der Waals surface area contributed by atoms with Crippen LogP contribution in [0.1, 0.15) is 12.8 Å². The van der Waals surface area contributed by atoms with Gasteiger partial charge in [-0.05, 0) is 18.0 Å². The monoisotopic (exact) mass is 177 g/mol. The van der Waals surface area contributed by atoms with Gasteiger partial charge >= 0.3 is 5.97 Å². The minimum absolute atomic E-state index is 0.203. The number of halogens is 1. The van der Waals surface area contributed by atoms with Gasteiger partial charge in [-0.3, -0.25) is 14.9 Å². The summed E-state index contributed by atoms with van der Waals surface area (Å²) in [4.78, 5) is 21.0. The van der Waals surface area contributed by atoms with Crippen molar-refractivity contribution in [2.75, 3.05) is 6.73 Å². The number of ether oxygens (including phenoxy) is 1. The molecule has 1 saturated heterocycles. The maximum Gasteiger partial charge on any atom is 0.324 e. The number of carbonyl (C=O) groups is 2. The highest BCUT2D eigenvalue weighted by atomic mass is 35.5. The summed E-state index contributed by atoms with van der Waals surface area (Å²) in [6, 6.07) is -0.349. The first-order chi connectivity index (χ1) is 5.20. The Balaban J connectivity index is 2.26. The molecule has 62 valence electrons. The van der Waals surface area contributed by atoms with E-state index in [1.54, 1.807) is 0 Å². The summed E-state index contributed by atoms with van der Waals surface area (Å²) in [5.74, 6) is -0.303. The molecule has 0 aromatic carbocycles. The van der Waals surface area contributed by atoms with Crippen LogP contribution in [0.25, 0.3) is 0 Å². The van der Waals surface area contributed by atoms with Crippen LogP contribution >= 0.6 is 11.6 Å². The number of rotatable bonds is 3. The zero-order valence-electron chi connectivity index (χ0n) is 5.80. The van der Waals surface area contributed by atoms with Gasteiger partial charge in [0.1, 0.15) is 12.8 Å². The average molecular weight is 178 g/mol. The zero-order chi connectivity index (χ0) is 8.27. The van der Waals surface area contributed by atoms with Crippen LogP contribution in [0, 0.1) is 0 Å². The van der Waals surface area contributed by atoms with Gasteiger partial charge in [-0.15, -0.1) is 0 Å².